The zero-order valence-electron chi connectivity index (χ0n) is 10.3. The van der Waals surface area contributed by atoms with Crippen LogP contribution in [0.15, 0.2) is 67.3 Å². The summed E-state index contributed by atoms with van der Waals surface area (Å²) in [5.74, 6) is 0.165. The van der Waals surface area contributed by atoms with Gasteiger partial charge in [0.2, 0.25) is 0 Å². The molecule has 0 fully saturated rings. The summed E-state index contributed by atoms with van der Waals surface area (Å²) in [4.78, 5) is 12.3. The topological polar surface area (TPSA) is 17.1 Å². The Hall–Kier alpha value is -2.15. The number of carbonyl (C=O) groups is 1. The highest BCUT2D eigenvalue weighted by atomic mass is 16.1. The van der Waals surface area contributed by atoms with Gasteiger partial charge in [0.05, 0.1) is 0 Å². The first-order chi connectivity index (χ1) is 8.81. The second kappa shape index (κ2) is 5.97. The number of hydrogen-bond acceptors (Lipinski definition) is 1. The van der Waals surface area contributed by atoms with Gasteiger partial charge in [-0.3, -0.25) is 4.79 Å². The zero-order chi connectivity index (χ0) is 12.8. The fourth-order valence-electron chi connectivity index (χ4n) is 2.00. The first-order valence-corrected chi connectivity index (χ1v) is 6.07. The van der Waals surface area contributed by atoms with Gasteiger partial charge in [0, 0.05) is 12.0 Å². The quantitative estimate of drug-likeness (QED) is 0.569. The molecule has 2 aromatic carbocycles. The van der Waals surface area contributed by atoms with Crippen LogP contribution in [0.1, 0.15) is 21.5 Å². The van der Waals surface area contributed by atoms with Crippen molar-refractivity contribution in [2.45, 2.75) is 12.8 Å². The first-order valence-electron chi connectivity index (χ1n) is 6.07. The lowest BCUT2D eigenvalue weighted by Crippen LogP contribution is -2.06. The highest BCUT2D eigenvalue weighted by Crippen LogP contribution is 2.13. The predicted molar refractivity (Wildman–Crippen MR) is 74.8 cm³/mol. The fourth-order valence-corrected chi connectivity index (χ4v) is 2.00. The van der Waals surface area contributed by atoms with E-state index in [0.717, 1.165) is 23.1 Å². The Bertz CT molecular complexity index is 541. The van der Waals surface area contributed by atoms with Crippen molar-refractivity contribution in [3.63, 3.8) is 0 Å². The number of ketones is 1. The molecule has 0 spiro atoms. The summed E-state index contributed by atoms with van der Waals surface area (Å²) in [5, 5.41) is 0. The summed E-state index contributed by atoms with van der Waals surface area (Å²) in [5.41, 5.74) is 2.91. The summed E-state index contributed by atoms with van der Waals surface area (Å²) in [6.45, 7) is 3.73. The molecule has 0 N–H and O–H groups in total. The highest BCUT2D eigenvalue weighted by molar-refractivity contribution is 5.98. The first kappa shape index (κ1) is 12.3. The van der Waals surface area contributed by atoms with Crippen molar-refractivity contribution < 1.29 is 4.79 Å². The monoisotopic (exact) mass is 236 g/mol. The van der Waals surface area contributed by atoms with E-state index in [1.165, 1.54) is 0 Å². The molecule has 1 heteroatoms. The molecule has 1 nitrogen and oxygen atoms in total. The van der Waals surface area contributed by atoms with Crippen LogP contribution in [0.2, 0.25) is 0 Å². The van der Waals surface area contributed by atoms with Gasteiger partial charge in [-0.15, -0.1) is 6.58 Å². The minimum absolute atomic E-state index is 0.165. The van der Waals surface area contributed by atoms with Crippen LogP contribution in [0.25, 0.3) is 0 Å². The third-order valence-corrected chi connectivity index (χ3v) is 2.89. The standard InChI is InChI=1S/C17H16O/c1-2-8-15-11-6-7-12-16(15)17(18)13-14-9-4-3-5-10-14/h2-7,9-12H,1,8,13H2. The van der Waals surface area contributed by atoms with E-state index in [-0.39, 0.29) is 5.78 Å². The average molecular weight is 236 g/mol. The van der Waals surface area contributed by atoms with Crippen LogP contribution < -0.4 is 0 Å². The molecule has 0 bridgehead atoms. The van der Waals surface area contributed by atoms with E-state index in [1.54, 1.807) is 0 Å². The molecule has 0 heterocycles. The number of rotatable bonds is 5. The van der Waals surface area contributed by atoms with E-state index in [4.69, 9.17) is 0 Å². The molecule has 0 saturated heterocycles. The minimum atomic E-state index is 0.165. The van der Waals surface area contributed by atoms with Gasteiger partial charge in [0.1, 0.15) is 0 Å². The Morgan fingerprint density at radius 1 is 1.00 bits per heavy atom. The molecule has 0 aromatic heterocycles. The molecule has 0 saturated carbocycles. The van der Waals surface area contributed by atoms with Gasteiger partial charge in [-0.05, 0) is 17.5 Å². The highest BCUT2D eigenvalue weighted by Gasteiger charge is 2.10. The number of allylic oxidation sites excluding steroid dienone is 1. The van der Waals surface area contributed by atoms with E-state index >= 15 is 0 Å². The van der Waals surface area contributed by atoms with E-state index in [2.05, 4.69) is 6.58 Å². The Kier molecular flexibility index (Phi) is 4.08. The molecule has 0 unspecified atom stereocenters. The van der Waals surface area contributed by atoms with Crippen molar-refractivity contribution in [2.75, 3.05) is 0 Å². The van der Waals surface area contributed by atoms with E-state index < -0.39 is 0 Å². The lowest BCUT2D eigenvalue weighted by atomic mass is 9.97. The summed E-state index contributed by atoms with van der Waals surface area (Å²) in [6.07, 6.45) is 3.01. The molecule has 0 atom stereocenters. The molecular weight excluding hydrogens is 220 g/mol. The van der Waals surface area contributed by atoms with Crippen molar-refractivity contribution in [2.24, 2.45) is 0 Å². The number of carbonyl (C=O) groups excluding carboxylic acids is 1. The van der Waals surface area contributed by atoms with Crippen LogP contribution in [0, 0.1) is 0 Å². The summed E-state index contributed by atoms with van der Waals surface area (Å²) < 4.78 is 0. The largest absolute Gasteiger partial charge is 0.294 e. The third-order valence-electron chi connectivity index (χ3n) is 2.89. The molecule has 0 amide bonds. The Balaban J connectivity index is 2.21. The van der Waals surface area contributed by atoms with Crippen LogP contribution in [-0.4, -0.2) is 5.78 Å². The van der Waals surface area contributed by atoms with Crippen molar-refractivity contribution in [3.8, 4) is 0 Å². The van der Waals surface area contributed by atoms with Crippen LogP contribution in [0.5, 0.6) is 0 Å². The smallest absolute Gasteiger partial charge is 0.167 e. The lowest BCUT2D eigenvalue weighted by Gasteiger charge is -2.06. The molecule has 0 aliphatic heterocycles. The Morgan fingerprint density at radius 2 is 1.67 bits per heavy atom. The summed E-state index contributed by atoms with van der Waals surface area (Å²) in [6, 6.07) is 17.6. The van der Waals surface area contributed by atoms with Gasteiger partial charge in [0.25, 0.3) is 0 Å². The zero-order valence-corrected chi connectivity index (χ0v) is 10.3. The second-order valence-electron chi connectivity index (χ2n) is 4.24. The van der Waals surface area contributed by atoms with Gasteiger partial charge in [-0.1, -0.05) is 60.7 Å². The Morgan fingerprint density at radius 3 is 2.39 bits per heavy atom. The van der Waals surface area contributed by atoms with Crippen LogP contribution in [0.3, 0.4) is 0 Å². The number of hydrogen-bond donors (Lipinski definition) is 0. The van der Waals surface area contributed by atoms with Gasteiger partial charge in [-0.2, -0.15) is 0 Å². The SMILES string of the molecule is C=CCc1ccccc1C(=O)Cc1ccccc1. The lowest BCUT2D eigenvalue weighted by molar-refractivity contribution is 0.0992. The average Bonchev–Trinajstić information content (AvgIpc) is 2.41. The Labute approximate surface area is 108 Å². The number of Topliss-reactive ketones (excluding diaryl/α,β-unsaturated/α-hetero) is 1. The van der Waals surface area contributed by atoms with Crippen LogP contribution in [-0.2, 0) is 12.8 Å². The predicted octanol–water partition coefficient (Wildman–Crippen LogP) is 3.84. The molecule has 90 valence electrons. The molecule has 0 radical (unpaired) electrons. The maximum atomic E-state index is 12.3. The number of benzene rings is 2. The summed E-state index contributed by atoms with van der Waals surface area (Å²) in [7, 11) is 0. The van der Waals surface area contributed by atoms with E-state index in [9.17, 15) is 4.79 Å². The molecule has 0 aliphatic rings. The molecular formula is C17H16O. The van der Waals surface area contributed by atoms with Gasteiger partial charge < -0.3 is 0 Å². The van der Waals surface area contributed by atoms with Gasteiger partial charge in [-0.25, -0.2) is 0 Å². The van der Waals surface area contributed by atoms with E-state index in [1.807, 2.05) is 60.7 Å². The van der Waals surface area contributed by atoms with Crippen LogP contribution >= 0.6 is 0 Å². The minimum Gasteiger partial charge on any atom is -0.294 e. The maximum absolute atomic E-state index is 12.3. The van der Waals surface area contributed by atoms with Crippen molar-refractivity contribution in [1.82, 2.24) is 0 Å². The van der Waals surface area contributed by atoms with E-state index in [0.29, 0.717) is 6.42 Å². The van der Waals surface area contributed by atoms with Crippen molar-refractivity contribution >= 4 is 5.78 Å². The van der Waals surface area contributed by atoms with Gasteiger partial charge >= 0.3 is 0 Å². The van der Waals surface area contributed by atoms with Crippen LogP contribution in [0.4, 0.5) is 0 Å². The molecule has 2 aromatic rings. The molecule has 18 heavy (non-hydrogen) atoms. The van der Waals surface area contributed by atoms with Gasteiger partial charge in [0.15, 0.2) is 5.78 Å². The third kappa shape index (κ3) is 2.95. The maximum Gasteiger partial charge on any atom is 0.167 e. The van der Waals surface area contributed by atoms with Crippen molar-refractivity contribution in [3.05, 3.63) is 83.9 Å². The fraction of sp³-hybridized carbons (Fsp3) is 0.118. The summed E-state index contributed by atoms with van der Waals surface area (Å²) >= 11 is 0. The normalized spacial score (nSPS) is 10.0. The molecule has 0 aliphatic carbocycles. The molecule has 2 rings (SSSR count). The van der Waals surface area contributed by atoms with Crippen molar-refractivity contribution in [1.29, 1.82) is 0 Å². The second-order valence-corrected chi connectivity index (χ2v) is 4.24.